The molecule has 2 aromatic carbocycles. The summed E-state index contributed by atoms with van der Waals surface area (Å²) in [6, 6.07) is 20.1. The summed E-state index contributed by atoms with van der Waals surface area (Å²) in [7, 11) is 0. The molecular weight excluding hydrogens is 426 g/mol. The van der Waals surface area contributed by atoms with Crippen molar-refractivity contribution in [2.24, 2.45) is 0 Å². The first-order valence-electron chi connectivity index (χ1n) is 10.3. The van der Waals surface area contributed by atoms with E-state index >= 15 is 0 Å². The summed E-state index contributed by atoms with van der Waals surface area (Å²) >= 11 is 3.03. The summed E-state index contributed by atoms with van der Waals surface area (Å²) in [5, 5.41) is 9.19. The number of anilines is 1. The van der Waals surface area contributed by atoms with E-state index in [1.165, 1.54) is 16.9 Å². The highest BCUT2D eigenvalue weighted by Crippen LogP contribution is 2.44. The average molecular weight is 448 g/mol. The van der Waals surface area contributed by atoms with Gasteiger partial charge in [-0.2, -0.15) is 0 Å². The van der Waals surface area contributed by atoms with Gasteiger partial charge in [0.2, 0.25) is 11.0 Å². The highest BCUT2D eigenvalue weighted by Gasteiger charge is 2.40. The maximum Gasteiger partial charge on any atom is 0.234 e. The van der Waals surface area contributed by atoms with Crippen molar-refractivity contribution in [1.29, 1.82) is 0 Å². The van der Waals surface area contributed by atoms with Crippen LogP contribution in [0.1, 0.15) is 42.7 Å². The normalized spacial score (nSPS) is 19.0. The Kier molecular flexibility index (Phi) is 5.70. The van der Waals surface area contributed by atoms with Crippen molar-refractivity contribution in [1.82, 2.24) is 10.2 Å². The zero-order valence-electron chi connectivity index (χ0n) is 16.9. The molecule has 0 saturated heterocycles. The molecule has 7 heteroatoms. The molecule has 0 spiro atoms. The van der Waals surface area contributed by atoms with Gasteiger partial charge in [-0.05, 0) is 24.0 Å². The van der Waals surface area contributed by atoms with Crippen LogP contribution in [0, 0.1) is 0 Å². The molecule has 2 heterocycles. The number of aromatic nitrogens is 2. The van der Waals surface area contributed by atoms with Gasteiger partial charge in [-0.3, -0.25) is 14.5 Å². The number of rotatable bonds is 5. The van der Waals surface area contributed by atoms with Gasteiger partial charge < -0.3 is 0 Å². The Bertz CT molecular complexity index is 1140. The Labute approximate surface area is 189 Å². The van der Waals surface area contributed by atoms with Gasteiger partial charge in [0.05, 0.1) is 0 Å². The number of carbonyl (C=O) groups is 2. The van der Waals surface area contributed by atoms with E-state index in [4.69, 9.17) is 0 Å². The topological polar surface area (TPSA) is 63.2 Å². The van der Waals surface area contributed by atoms with Crippen LogP contribution < -0.4 is 4.90 Å². The standard InChI is InChI=1S/C24H21N3O2S2/c28-20-13-7-12-19-22(20)18(17-10-5-2-6-11-17)14-21(29)27(19)23-25-26-24(31-23)30-15-16-8-3-1-4-9-16/h1-6,8-11,18H,7,12-15H2. The minimum atomic E-state index is -0.174. The van der Waals surface area contributed by atoms with Crippen LogP contribution in [-0.4, -0.2) is 21.9 Å². The van der Waals surface area contributed by atoms with Gasteiger partial charge in [0.15, 0.2) is 10.1 Å². The number of allylic oxidation sites excluding steroid dienone is 2. The van der Waals surface area contributed by atoms with Gasteiger partial charge in [0, 0.05) is 35.8 Å². The smallest absolute Gasteiger partial charge is 0.234 e. The van der Waals surface area contributed by atoms with Crippen molar-refractivity contribution >= 4 is 39.9 Å². The number of thioether (sulfide) groups is 1. The van der Waals surface area contributed by atoms with Gasteiger partial charge in [0.1, 0.15) is 0 Å². The Hall–Kier alpha value is -2.77. The number of carbonyl (C=O) groups excluding carboxylic acids is 2. The van der Waals surface area contributed by atoms with E-state index in [1.54, 1.807) is 16.7 Å². The molecule has 1 atom stereocenters. The quantitative estimate of drug-likeness (QED) is 0.389. The number of hydrogen-bond acceptors (Lipinski definition) is 6. The molecule has 0 saturated carbocycles. The van der Waals surface area contributed by atoms with Crippen LogP contribution in [0.2, 0.25) is 0 Å². The Morgan fingerprint density at radius 1 is 0.968 bits per heavy atom. The van der Waals surface area contributed by atoms with Gasteiger partial charge >= 0.3 is 0 Å². The van der Waals surface area contributed by atoms with Gasteiger partial charge in [-0.25, -0.2) is 0 Å². The molecule has 1 aliphatic heterocycles. The predicted octanol–water partition coefficient (Wildman–Crippen LogP) is 5.36. The monoisotopic (exact) mass is 447 g/mol. The van der Waals surface area contributed by atoms with Gasteiger partial charge in [-0.15, -0.1) is 10.2 Å². The van der Waals surface area contributed by atoms with E-state index in [0.717, 1.165) is 33.3 Å². The van der Waals surface area contributed by atoms with Crippen LogP contribution in [0.25, 0.3) is 0 Å². The van der Waals surface area contributed by atoms with Crippen molar-refractivity contribution in [2.45, 2.75) is 41.7 Å². The van der Waals surface area contributed by atoms with Crippen LogP contribution in [0.5, 0.6) is 0 Å². The number of benzene rings is 2. The maximum absolute atomic E-state index is 13.2. The van der Waals surface area contributed by atoms with E-state index in [-0.39, 0.29) is 24.0 Å². The fourth-order valence-electron chi connectivity index (χ4n) is 4.26. The second-order valence-corrected chi connectivity index (χ2v) is 9.84. The molecular formula is C24H21N3O2S2. The van der Waals surface area contributed by atoms with Crippen molar-refractivity contribution < 1.29 is 9.59 Å². The highest BCUT2D eigenvalue weighted by atomic mass is 32.2. The van der Waals surface area contributed by atoms with Crippen LogP contribution >= 0.6 is 23.1 Å². The zero-order chi connectivity index (χ0) is 21.2. The predicted molar refractivity (Wildman–Crippen MR) is 123 cm³/mol. The molecule has 0 radical (unpaired) electrons. The van der Waals surface area contributed by atoms with Crippen LogP contribution in [0.4, 0.5) is 5.13 Å². The minimum absolute atomic E-state index is 0.0157. The second kappa shape index (κ2) is 8.77. The molecule has 0 bridgehead atoms. The molecule has 0 fully saturated rings. The molecule has 1 aromatic heterocycles. The summed E-state index contributed by atoms with van der Waals surface area (Å²) in [4.78, 5) is 27.8. The number of hydrogen-bond donors (Lipinski definition) is 0. The molecule has 1 amide bonds. The fourth-order valence-corrected chi connectivity index (χ4v) is 6.10. The lowest BCUT2D eigenvalue weighted by Crippen LogP contribution is -2.40. The lowest BCUT2D eigenvalue weighted by molar-refractivity contribution is -0.119. The number of nitrogens with zero attached hydrogens (tertiary/aromatic N) is 3. The van der Waals surface area contributed by atoms with E-state index in [2.05, 4.69) is 22.3 Å². The molecule has 2 aliphatic rings. The molecule has 1 unspecified atom stereocenters. The van der Waals surface area contributed by atoms with Crippen molar-refractivity contribution in [3.8, 4) is 0 Å². The average Bonchev–Trinajstić information content (AvgIpc) is 3.27. The lowest BCUT2D eigenvalue weighted by atomic mass is 9.77. The molecule has 31 heavy (non-hydrogen) atoms. The lowest BCUT2D eigenvalue weighted by Gasteiger charge is -2.36. The van der Waals surface area contributed by atoms with Crippen LogP contribution in [0.3, 0.4) is 0 Å². The van der Waals surface area contributed by atoms with E-state index < -0.39 is 0 Å². The third-order valence-corrected chi connectivity index (χ3v) is 7.78. The summed E-state index contributed by atoms with van der Waals surface area (Å²) in [5.74, 6) is 0.757. The first-order chi connectivity index (χ1) is 15.2. The van der Waals surface area contributed by atoms with Crippen LogP contribution in [-0.2, 0) is 15.3 Å². The number of amides is 1. The number of Topliss-reactive ketones (excluding diaryl/α,β-unsaturated/α-hetero) is 1. The van der Waals surface area contributed by atoms with E-state index in [0.29, 0.717) is 18.0 Å². The summed E-state index contributed by atoms with van der Waals surface area (Å²) < 4.78 is 0.820. The molecule has 5 nitrogen and oxygen atoms in total. The Morgan fingerprint density at radius 2 is 1.71 bits per heavy atom. The second-order valence-electron chi connectivity index (χ2n) is 7.66. The third kappa shape index (κ3) is 4.07. The SMILES string of the molecule is O=C1CCCC2=C1C(c1ccccc1)CC(=O)N2c1nnc(SCc2ccccc2)s1. The van der Waals surface area contributed by atoms with Crippen molar-refractivity contribution in [3.63, 3.8) is 0 Å². The minimum Gasteiger partial charge on any atom is -0.294 e. The summed E-state index contributed by atoms with van der Waals surface area (Å²) in [5.41, 5.74) is 3.84. The summed E-state index contributed by atoms with van der Waals surface area (Å²) in [6.45, 7) is 0. The molecule has 156 valence electrons. The van der Waals surface area contributed by atoms with E-state index in [9.17, 15) is 9.59 Å². The highest BCUT2D eigenvalue weighted by molar-refractivity contribution is 8.00. The number of ketones is 1. The summed E-state index contributed by atoms with van der Waals surface area (Å²) in [6.07, 6.45) is 2.29. The molecule has 1 aliphatic carbocycles. The Morgan fingerprint density at radius 3 is 2.48 bits per heavy atom. The van der Waals surface area contributed by atoms with E-state index in [1.807, 2.05) is 48.5 Å². The molecule has 5 rings (SSSR count). The third-order valence-electron chi connectivity index (χ3n) is 5.67. The zero-order valence-corrected chi connectivity index (χ0v) is 18.5. The first-order valence-corrected chi connectivity index (χ1v) is 12.2. The first kappa shape index (κ1) is 20.2. The molecule has 0 N–H and O–H groups in total. The van der Waals surface area contributed by atoms with Gasteiger partial charge in [-0.1, -0.05) is 83.8 Å². The largest absolute Gasteiger partial charge is 0.294 e. The van der Waals surface area contributed by atoms with Crippen molar-refractivity contribution in [2.75, 3.05) is 4.90 Å². The fraction of sp³-hybridized carbons (Fsp3) is 0.250. The Balaban J connectivity index is 1.45. The molecule has 3 aromatic rings. The van der Waals surface area contributed by atoms with Gasteiger partial charge in [0.25, 0.3) is 0 Å². The van der Waals surface area contributed by atoms with Crippen LogP contribution in [0.15, 0.2) is 76.3 Å². The maximum atomic E-state index is 13.2. The van der Waals surface area contributed by atoms with Crippen molar-refractivity contribution in [3.05, 3.63) is 83.1 Å².